The molecule has 0 radical (unpaired) electrons. The number of alkyl halides is 3. The summed E-state index contributed by atoms with van der Waals surface area (Å²) in [6.07, 6.45) is -1.28. The van der Waals surface area contributed by atoms with Crippen molar-refractivity contribution in [3.63, 3.8) is 0 Å². The highest BCUT2D eigenvalue weighted by Gasteiger charge is 2.36. The molecule has 1 aliphatic rings. The molecule has 0 saturated carbocycles. The summed E-state index contributed by atoms with van der Waals surface area (Å²) in [6, 6.07) is 8.35. The van der Waals surface area contributed by atoms with E-state index in [0.29, 0.717) is 25.3 Å². The Labute approximate surface area is 172 Å². The SMILES string of the molecule is C[C@@H]1CN(c2ccc(C#N)c(C(F)(F)F)c2)[C@@H](C)CN1C(=O)NCc1cccnc1. The van der Waals surface area contributed by atoms with Crippen molar-refractivity contribution in [2.45, 2.75) is 38.7 Å². The fourth-order valence-electron chi connectivity index (χ4n) is 3.59. The van der Waals surface area contributed by atoms with Crippen molar-refractivity contribution in [2.24, 2.45) is 0 Å². The average molecular weight is 417 g/mol. The Morgan fingerprint density at radius 2 is 2.03 bits per heavy atom. The van der Waals surface area contributed by atoms with Crippen molar-refractivity contribution in [3.8, 4) is 6.07 Å². The predicted molar refractivity (Wildman–Crippen MR) is 106 cm³/mol. The Hall–Kier alpha value is -3.28. The molecule has 1 aromatic heterocycles. The summed E-state index contributed by atoms with van der Waals surface area (Å²) in [4.78, 5) is 20.2. The van der Waals surface area contributed by atoms with Crippen LogP contribution in [0.15, 0.2) is 42.7 Å². The van der Waals surface area contributed by atoms with E-state index in [2.05, 4.69) is 10.3 Å². The van der Waals surface area contributed by atoms with Crippen molar-refractivity contribution in [1.29, 1.82) is 5.26 Å². The lowest BCUT2D eigenvalue weighted by Gasteiger charge is -2.45. The van der Waals surface area contributed by atoms with Crippen LogP contribution in [0.3, 0.4) is 0 Å². The molecule has 1 aliphatic heterocycles. The molecule has 2 amide bonds. The van der Waals surface area contributed by atoms with E-state index in [1.165, 1.54) is 12.1 Å². The van der Waals surface area contributed by atoms with Crippen molar-refractivity contribution >= 4 is 11.7 Å². The molecule has 2 heterocycles. The van der Waals surface area contributed by atoms with E-state index in [4.69, 9.17) is 5.26 Å². The van der Waals surface area contributed by atoms with Gasteiger partial charge in [-0.05, 0) is 43.7 Å². The van der Waals surface area contributed by atoms with Crippen LogP contribution in [0.1, 0.15) is 30.5 Å². The number of carbonyl (C=O) groups is 1. The zero-order valence-electron chi connectivity index (χ0n) is 16.6. The Kier molecular flexibility index (Phi) is 6.15. The minimum Gasteiger partial charge on any atom is -0.365 e. The number of amides is 2. The number of aromatic nitrogens is 1. The first-order valence-electron chi connectivity index (χ1n) is 9.52. The van der Waals surface area contributed by atoms with E-state index in [0.717, 1.165) is 11.6 Å². The van der Waals surface area contributed by atoms with E-state index in [1.807, 2.05) is 24.8 Å². The lowest BCUT2D eigenvalue weighted by molar-refractivity contribution is -0.137. The molecule has 1 saturated heterocycles. The summed E-state index contributed by atoms with van der Waals surface area (Å²) >= 11 is 0. The molecule has 30 heavy (non-hydrogen) atoms. The molecule has 1 fully saturated rings. The minimum atomic E-state index is -4.61. The lowest BCUT2D eigenvalue weighted by Crippen LogP contribution is -2.60. The van der Waals surface area contributed by atoms with Crippen LogP contribution in [0.2, 0.25) is 0 Å². The number of halogens is 3. The van der Waals surface area contributed by atoms with Gasteiger partial charge in [0.1, 0.15) is 0 Å². The van der Waals surface area contributed by atoms with Gasteiger partial charge in [-0.3, -0.25) is 4.98 Å². The Morgan fingerprint density at radius 3 is 2.67 bits per heavy atom. The van der Waals surface area contributed by atoms with Crippen LogP contribution in [-0.2, 0) is 12.7 Å². The highest BCUT2D eigenvalue weighted by Crippen LogP contribution is 2.35. The Balaban J connectivity index is 1.72. The van der Waals surface area contributed by atoms with E-state index in [-0.39, 0.29) is 18.1 Å². The van der Waals surface area contributed by atoms with Crippen molar-refractivity contribution in [1.82, 2.24) is 15.2 Å². The third-order valence-electron chi connectivity index (χ3n) is 5.17. The molecular formula is C21H22F3N5O. The maximum absolute atomic E-state index is 13.3. The van der Waals surface area contributed by atoms with Gasteiger partial charge >= 0.3 is 12.2 Å². The highest BCUT2D eigenvalue weighted by atomic mass is 19.4. The van der Waals surface area contributed by atoms with E-state index in [9.17, 15) is 18.0 Å². The standard InChI is InChI=1S/C21H22F3N5O/c1-14-13-29(20(30)27-11-16-4-3-7-26-10-16)15(2)12-28(14)18-6-5-17(9-25)19(8-18)21(22,23)24/h3-8,10,14-15H,11-13H2,1-2H3,(H,27,30)/t14-,15+/m0/s1. The quantitative estimate of drug-likeness (QED) is 0.825. The van der Waals surface area contributed by atoms with Crippen LogP contribution in [0.25, 0.3) is 0 Å². The number of pyridine rings is 1. The second kappa shape index (κ2) is 8.61. The predicted octanol–water partition coefficient (Wildman–Crippen LogP) is 3.78. The zero-order valence-corrected chi connectivity index (χ0v) is 16.6. The molecule has 1 aromatic carbocycles. The fraction of sp³-hybridized carbons (Fsp3) is 0.381. The number of benzene rings is 1. The third kappa shape index (κ3) is 4.64. The number of hydrogen-bond acceptors (Lipinski definition) is 4. The molecule has 2 atom stereocenters. The number of urea groups is 1. The molecule has 9 heteroatoms. The van der Waals surface area contributed by atoms with E-state index < -0.39 is 17.3 Å². The molecule has 0 unspecified atom stereocenters. The normalized spacial score (nSPS) is 19.3. The van der Waals surface area contributed by atoms with Crippen LogP contribution in [0.4, 0.5) is 23.7 Å². The Morgan fingerprint density at radius 1 is 1.27 bits per heavy atom. The molecule has 158 valence electrons. The molecule has 2 aromatic rings. The van der Waals surface area contributed by atoms with Gasteiger partial charge < -0.3 is 15.1 Å². The van der Waals surface area contributed by atoms with Gasteiger partial charge in [0.2, 0.25) is 0 Å². The van der Waals surface area contributed by atoms with Gasteiger partial charge in [0, 0.05) is 49.8 Å². The van der Waals surface area contributed by atoms with Gasteiger partial charge in [-0.2, -0.15) is 18.4 Å². The number of piperazine rings is 1. The maximum atomic E-state index is 13.3. The van der Waals surface area contributed by atoms with Gasteiger partial charge in [0.25, 0.3) is 0 Å². The molecule has 3 rings (SSSR count). The van der Waals surface area contributed by atoms with Crippen molar-refractivity contribution in [2.75, 3.05) is 18.0 Å². The summed E-state index contributed by atoms with van der Waals surface area (Å²) in [6.45, 7) is 4.81. The Bertz CT molecular complexity index is 942. The number of nitrogens with one attached hydrogen (secondary N) is 1. The molecular weight excluding hydrogens is 395 g/mol. The molecule has 0 spiro atoms. The fourth-order valence-corrected chi connectivity index (χ4v) is 3.59. The van der Waals surface area contributed by atoms with Gasteiger partial charge in [0.05, 0.1) is 17.2 Å². The van der Waals surface area contributed by atoms with Crippen molar-refractivity contribution < 1.29 is 18.0 Å². The number of carbonyl (C=O) groups excluding carboxylic acids is 1. The number of nitrogens with zero attached hydrogens (tertiary/aromatic N) is 4. The first-order chi connectivity index (χ1) is 14.2. The summed E-state index contributed by atoms with van der Waals surface area (Å²) < 4.78 is 39.9. The topological polar surface area (TPSA) is 72.3 Å². The van der Waals surface area contributed by atoms with Gasteiger partial charge in [0.15, 0.2) is 0 Å². The summed E-state index contributed by atoms with van der Waals surface area (Å²) in [5.74, 6) is 0. The van der Waals surface area contributed by atoms with E-state index >= 15 is 0 Å². The molecule has 1 N–H and O–H groups in total. The monoisotopic (exact) mass is 417 g/mol. The lowest BCUT2D eigenvalue weighted by atomic mass is 10.0. The molecule has 0 aliphatic carbocycles. The summed E-state index contributed by atoms with van der Waals surface area (Å²) in [5.41, 5.74) is -0.0853. The first-order valence-corrected chi connectivity index (χ1v) is 9.52. The third-order valence-corrected chi connectivity index (χ3v) is 5.17. The van der Waals surface area contributed by atoms with Gasteiger partial charge in [-0.25, -0.2) is 4.79 Å². The summed E-state index contributed by atoms with van der Waals surface area (Å²) in [7, 11) is 0. The zero-order chi connectivity index (χ0) is 21.9. The van der Waals surface area contributed by atoms with Crippen LogP contribution >= 0.6 is 0 Å². The van der Waals surface area contributed by atoms with E-state index in [1.54, 1.807) is 29.4 Å². The van der Waals surface area contributed by atoms with Crippen LogP contribution < -0.4 is 10.2 Å². The summed E-state index contributed by atoms with van der Waals surface area (Å²) in [5, 5.41) is 11.8. The van der Waals surface area contributed by atoms with Gasteiger partial charge in [-0.1, -0.05) is 6.07 Å². The number of nitriles is 1. The largest absolute Gasteiger partial charge is 0.417 e. The van der Waals surface area contributed by atoms with Gasteiger partial charge in [-0.15, -0.1) is 0 Å². The first kappa shape index (κ1) is 21.4. The highest BCUT2D eigenvalue weighted by molar-refractivity contribution is 5.75. The van der Waals surface area contributed by atoms with Crippen LogP contribution in [0.5, 0.6) is 0 Å². The smallest absolute Gasteiger partial charge is 0.365 e. The average Bonchev–Trinajstić information content (AvgIpc) is 2.73. The second-order valence-electron chi connectivity index (χ2n) is 7.36. The van der Waals surface area contributed by atoms with Crippen molar-refractivity contribution in [3.05, 3.63) is 59.4 Å². The number of hydrogen-bond donors (Lipinski definition) is 1. The molecule has 0 bridgehead atoms. The van der Waals surface area contributed by atoms with Crippen LogP contribution in [-0.4, -0.2) is 41.1 Å². The maximum Gasteiger partial charge on any atom is 0.417 e. The second-order valence-corrected chi connectivity index (χ2v) is 7.36. The number of anilines is 1. The van der Waals surface area contributed by atoms with Crippen LogP contribution in [0, 0.1) is 11.3 Å². The number of rotatable bonds is 3. The molecule has 6 nitrogen and oxygen atoms in total. The minimum absolute atomic E-state index is 0.195.